The molecule has 1 saturated heterocycles. The van der Waals surface area contributed by atoms with Crippen molar-refractivity contribution in [2.75, 3.05) is 42.4 Å². The van der Waals surface area contributed by atoms with Gasteiger partial charge in [0.2, 0.25) is 11.8 Å². The summed E-state index contributed by atoms with van der Waals surface area (Å²) >= 11 is 1.83. The maximum absolute atomic E-state index is 13.0. The Balaban J connectivity index is 1.23. The van der Waals surface area contributed by atoms with Gasteiger partial charge >= 0.3 is 0 Å². The Kier molecular flexibility index (Phi) is 6.15. The number of carbonyl (C=O) groups is 2. The lowest BCUT2D eigenvalue weighted by Gasteiger charge is -2.29. The molecule has 0 saturated carbocycles. The molecule has 2 amide bonds. The van der Waals surface area contributed by atoms with Crippen molar-refractivity contribution in [2.24, 2.45) is 5.92 Å². The van der Waals surface area contributed by atoms with Gasteiger partial charge in [0.05, 0.1) is 25.8 Å². The van der Waals surface area contributed by atoms with Gasteiger partial charge in [-0.15, -0.1) is 11.3 Å². The summed E-state index contributed by atoms with van der Waals surface area (Å²) in [6.07, 6.45) is 1.22. The van der Waals surface area contributed by atoms with Gasteiger partial charge < -0.3 is 24.6 Å². The van der Waals surface area contributed by atoms with E-state index in [-0.39, 0.29) is 18.2 Å². The number of thiophene rings is 1. The second-order valence-corrected chi connectivity index (χ2v) is 9.52. The van der Waals surface area contributed by atoms with E-state index >= 15 is 0 Å². The van der Waals surface area contributed by atoms with Gasteiger partial charge in [-0.2, -0.15) is 0 Å². The number of nitrogens with zero attached hydrogens (tertiary/aromatic N) is 2. The normalized spacial score (nSPS) is 17.5. The van der Waals surface area contributed by atoms with Crippen LogP contribution in [0.1, 0.15) is 16.9 Å². The summed E-state index contributed by atoms with van der Waals surface area (Å²) in [5, 5.41) is 5.14. The minimum absolute atomic E-state index is 0.111. The van der Waals surface area contributed by atoms with Gasteiger partial charge in [0, 0.05) is 48.4 Å². The molecule has 1 N–H and O–H groups in total. The van der Waals surface area contributed by atoms with Crippen LogP contribution in [-0.4, -0.2) is 39.1 Å². The van der Waals surface area contributed by atoms with E-state index in [1.54, 1.807) is 37.3 Å². The average molecular weight is 478 g/mol. The van der Waals surface area contributed by atoms with Gasteiger partial charge in [0.15, 0.2) is 0 Å². The van der Waals surface area contributed by atoms with Crippen molar-refractivity contribution in [1.29, 1.82) is 0 Å². The monoisotopic (exact) mass is 477 g/mol. The van der Waals surface area contributed by atoms with E-state index < -0.39 is 5.92 Å². The minimum Gasteiger partial charge on any atom is -0.497 e. The number of hydrogen-bond acceptors (Lipinski definition) is 6. The predicted octanol–water partition coefficient (Wildman–Crippen LogP) is 4.32. The standard InChI is InChI=1S/C26H27N3O4S/c1-32-21-7-8-23(33-2)22(14-21)29-16-18(13-25(29)30)26(31)27-19-3-5-20(6-4-19)28-11-9-24-17(15-28)10-12-34-24/h3-8,10,12,14,18H,9,11,13,15-16H2,1-2H3,(H,27,31). The van der Waals surface area contributed by atoms with Crippen LogP contribution in [0.15, 0.2) is 53.9 Å². The first kappa shape index (κ1) is 22.3. The summed E-state index contributed by atoms with van der Waals surface area (Å²) in [5.41, 5.74) is 3.88. The van der Waals surface area contributed by atoms with Crippen LogP contribution in [0.4, 0.5) is 17.1 Å². The van der Waals surface area contributed by atoms with Crippen molar-refractivity contribution in [3.63, 3.8) is 0 Å². The summed E-state index contributed by atoms with van der Waals surface area (Å²) in [6, 6.07) is 15.4. The molecule has 2 aromatic carbocycles. The third kappa shape index (κ3) is 4.33. The molecule has 1 atom stereocenters. The van der Waals surface area contributed by atoms with Gasteiger partial charge in [-0.05, 0) is 59.8 Å². The Bertz CT molecular complexity index is 1210. The molecule has 0 aliphatic carbocycles. The first-order valence-electron chi connectivity index (χ1n) is 11.3. The number of ether oxygens (including phenoxy) is 2. The molecule has 1 fully saturated rings. The summed E-state index contributed by atoms with van der Waals surface area (Å²) in [7, 11) is 3.13. The fourth-order valence-electron chi connectivity index (χ4n) is 4.59. The van der Waals surface area contributed by atoms with Crippen LogP contribution >= 0.6 is 11.3 Å². The van der Waals surface area contributed by atoms with Gasteiger partial charge in [0.25, 0.3) is 0 Å². The Morgan fingerprint density at radius 2 is 1.91 bits per heavy atom. The molecular formula is C26H27N3O4S. The number of nitrogens with one attached hydrogen (secondary N) is 1. The van der Waals surface area contributed by atoms with Crippen LogP contribution in [0.5, 0.6) is 11.5 Å². The molecule has 5 rings (SSSR count). The zero-order chi connectivity index (χ0) is 23.7. The summed E-state index contributed by atoms with van der Waals surface area (Å²) in [4.78, 5) is 31.1. The lowest BCUT2D eigenvalue weighted by atomic mass is 10.1. The Morgan fingerprint density at radius 3 is 2.68 bits per heavy atom. The van der Waals surface area contributed by atoms with Crippen LogP contribution in [0, 0.1) is 5.92 Å². The van der Waals surface area contributed by atoms with Crippen LogP contribution in [0.2, 0.25) is 0 Å². The molecule has 1 aromatic heterocycles. The maximum Gasteiger partial charge on any atom is 0.229 e. The molecule has 3 heterocycles. The second-order valence-electron chi connectivity index (χ2n) is 8.52. The SMILES string of the molecule is COc1ccc(OC)c(N2CC(C(=O)Nc3ccc(N4CCc5sccc5C4)cc3)CC2=O)c1. The molecule has 0 bridgehead atoms. The van der Waals surface area contributed by atoms with Gasteiger partial charge in [-0.1, -0.05) is 0 Å². The Morgan fingerprint density at radius 1 is 1.09 bits per heavy atom. The van der Waals surface area contributed by atoms with E-state index in [0.29, 0.717) is 23.7 Å². The van der Waals surface area contributed by atoms with E-state index in [1.165, 1.54) is 10.4 Å². The van der Waals surface area contributed by atoms with Crippen LogP contribution in [0.3, 0.4) is 0 Å². The zero-order valence-electron chi connectivity index (χ0n) is 19.2. The number of rotatable bonds is 6. The first-order valence-corrected chi connectivity index (χ1v) is 12.2. The second kappa shape index (κ2) is 9.38. The molecule has 34 heavy (non-hydrogen) atoms. The van der Waals surface area contributed by atoms with E-state index in [9.17, 15) is 9.59 Å². The largest absolute Gasteiger partial charge is 0.497 e. The van der Waals surface area contributed by atoms with Crippen LogP contribution < -0.4 is 24.6 Å². The van der Waals surface area contributed by atoms with E-state index in [4.69, 9.17) is 9.47 Å². The molecular weight excluding hydrogens is 450 g/mol. The number of hydrogen-bond donors (Lipinski definition) is 1. The molecule has 1 unspecified atom stereocenters. The van der Waals surface area contributed by atoms with E-state index in [0.717, 1.165) is 30.9 Å². The average Bonchev–Trinajstić information content (AvgIpc) is 3.50. The maximum atomic E-state index is 13.0. The zero-order valence-corrected chi connectivity index (χ0v) is 20.1. The number of amides is 2. The lowest BCUT2D eigenvalue weighted by Crippen LogP contribution is -2.29. The molecule has 2 aliphatic rings. The highest BCUT2D eigenvalue weighted by atomic mass is 32.1. The van der Waals surface area contributed by atoms with Crippen LogP contribution in [0.25, 0.3) is 0 Å². The molecule has 0 spiro atoms. The highest BCUT2D eigenvalue weighted by molar-refractivity contribution is 7.10. The summed E-state index contributed by atoms with van der Waals surface area (Å²) in [6.45, 7) is 2.20. The summed E-state index contributed by atoms with van der Waals surface area (Å²) < 4.78 is 10.7. The van der Waals surface area contributed by atoms with Crippen molar-refractivity contribution in [3.05, 3.63) is 64.4 Å². The fourth-order valence-corrected chi connectivity index (χ4v) is 5.48. The van der Waals surface area contributed by atoms with Crippen LogP contribution in [-0.2, 0) is 22.6 Å². The fraction of sp³-hybridized carbons (Fsp3) is 0.308. The van der Waals surface area contributed by atoms with Gasteiger partial charge in [-0.3, -0.25) is 9.59 Å². The minimum atomic E-state index is -0.442. The van der Waals surface area contributed by atoms with Crippen molar-refractivity contribution < 1.29 is 19.1 Å². The Labute approximate surface area is 202 Å². The first-order chi connectivity index (χ1) is 16.6. The number of benzene rings is 2. The number of fused-ring (bicyclic) bond motifs is 1. The molecule has 2 aliphatic heterocycles. The van der Waals surface area contributed by atoms with E-state index in [2.05, 4.69) is 21.7 Å². The number of carbonyl (C=O) groups excluding carboxylic acids is 2. The molecule has 8 heteroatoms. The van der Waals surface area contributed by atoms with Crippen molar-refractivity contribution in [3.8, 4) is 11.5 Å². The highest BCUT2D eigenvalue weighted by Crippen LogP contribution is 2.36. The third-order valence-electron chi connectivity index (χ3n) is 6.48. The van der Waals surface area contributed by atoms with Crippen molar-refractivity contribution in [1.82, 2.24) is 0 Å². The molecule has 3 aromatic rings. The van der Waals surface area contributed by atoms with E-state index in [1.807, 2.05) is 35.6 Å². The lowest BCUT2D eigenvalue weighted by molar-refractivity contribution is -0.122. The molecule has 176 valence electrons. The topological polar surface area (TPSA) is 71.1 Å². The highest BCUT2D eigenvalue weighted by Gasteiger charge is 2.36. The summed E-state index contributed by atoms with van der Waals surface area (Å²) in [5.74, 6) is 0.479. The van der Waals surface area contributed by atoms with Gasteiger partial charge in [-0.25, -0.2) is 0 Å². The van der Waals surface area contributed by atoms with Crippen molar-refractivity contribution in [2.45, 2.75) is 19.4 Å². The predicted molar refractivity (Wildman–Crippen MR) is 134 cm³/mol. The van der Waals surface area contributed by atoms with Crippen molar-refractivity contribution >= 4 is 40.2 Å². The number of methoxy groups -OCH3 is 2. The number of anilines is 3. The third-order valence-corrected chi connectivity index (χ3v) is 7.50. The quantitative estimate of drug-likeness (QED) is 0.573. The molecule has 7 nitrogen and oxygen atoms in total. The van der Waals surface area contributed by atoms with Gasteiger partial charge in [0.1, 0.15) is 11.5 Å². The Hall–Kier alpha value is -3.52. The molecule has 0 radical (unpaired) electrons. The smallest absolute Gasteiger partial charge is 0.229 e.